The number of furan rings is 1. The third-order valence-corrected chi connectivity index (χ3v) is 14.1. The highest BCUT2D eigenvalue weighted by molar-refractivity contribution is 6.33. The van der Waals surface area contributed by atoms with E-state index >= 15 is 0 Å². The van der Waals surface area contributed by atoms with Gasteiger partial charge in [-0.25, -0.2) is 0 Å². The number of nitrogens with zero attached hydrogens (tertiary/aromatic N) is 1. The summed E-state index contributed by atoms with van der Waals surface area (Å²) in [6.07, 6.45) is -0.00936. The smallest absolute Gasteiger partial charge is 0.416 e. The van der Waals surface area contributed by atoms with Gasteiger partial charge in [-0.3, -0.25) is 9.59 Å². The van der Waals surface area contributed by atoms with E-state index in [1.54, 1.807) is 55.5 Å². The minimum Gasteiger partial charge on any atom is -0.497 e. The van der Waals surface area contributed by atoms with Gasteiger partial charge in [0.15, 0.2) is 17.3 Å². The second kappa shape index (κ2) is 20.2. The molecule has 4 atom stereocenters. The third-order valence-electron chi connectivity index (χ3n) is 13.8. The fourth-order valence-corrected chi connectivity index (χ4v) is 10.0. The van der Waals surface area contributed by atoms with Crippen molar-refractivity contribution in [3.05, 3.63) is 141 Å². The van der Waals surface area contributed by atoms with Crippen LogP contribution < -0.4 is 18.9 Å². The zero-order chi connectivity index (χ0) is 48.3. The molecule has 10 nitrogen and oxygen atoms in total. The van der Waals surface area contributed by atoms with Crippen LogP contribution in [0, 0.1) is 5.41 Å². The molecule has 2 N–H and O–H groups in total. The normalized spacial score (nSPS) is 20.9. The van der Waals surface area contributed by atoms with Crippen molar-refractivity contribution in [1.82, 2.24) is 4.90 Å². The van der Waals surface area contributed by atoms with E-state index in [-0.39, 0.29) is 65.9 Å². The highest BCUT2D eigenvalue weighted by Crippen LogP contribution is 2.59. The first-order valence-electron chi connectivity index (χ1n) is 22.3. The Hall–Kier alpha value is -5.76. The molecule has 3 aliphatic rings. The molecule has 3 aliphatic carbocycles. The number of ketones is 1. The van der Waals surface area contributed by atoms with E-state index in [1.165, 1.54) is 26.4 Å². The summed E-state index contributed by atoms with van der Waals surface area (Å²) in [5, 5.41) is 24.5. The van der Waals surface area contributed by atoms with Gasteiger partial charge >= 0.3 is 6.18 Å². The predicted molar refractivity (Wildman–Crippen MR) is 249 cm³/mol. The molecule has 1 amide bonds. The number of ether oxygens (including phenoxy) is 4. The number of carbonyl (C=O) groups is 2. The maximum atomic E-state index is 14.8. The molecule has 1 fully saturated rings. The van der Waals surface area contributed by atoms with Crippen molar-refractivity contribution in [3.63, 3.8) is 0 Å². The average Bonchev–Trinajstić information content (AvgIpc) is 3.89. The van der Waals surface area contributed by atoms with Crippen LogP contribution in [0.25, 0.3) is 11.3 Å². The van der Waals surface area contributed by atoms with Crippen molar-refractivity contribution in [2.75, 3.05) is 35.0 Å². The zero-order valence-electron chi connectivity index (χ0n) is 38.6. The summed E-state index contributed by atoms with van der Waals surface area (Å²) in [6.45, 7) is 4.09. The molecule has 0 aliphatic heterocycles. The first kappa shape index (κ1) is 49.2. The average molecular weight is 944 g/mol. The van der Waals surface area contributed by atoms with Crippen molar-refractivity contribution in [1.29, 1.82) is 0 Å². The molecule has 8 rings (SSSR count). The van der Waals surface area contributed by atoms with Gasteiger partial charge < -0.3 is 38.5 Å². The van der Waals surface area contributed by atoms with Crippen LogP contribution in [0.3, 0.4) is 0 Å². The topological polar surface area (TPSA) is 128 Å². The summed E-state index contributed by atoms with van der Waals surface area (Å²) in [4.78, 5) is 31.3. The lowest BCUT2D eigenvalue weighted by atomic mass is 9.64. The molecular formula is C53H57ClF3NO9. The highest BCUT2D eigenvalue weighted by atomic mass is 35.5. The van der Waals surface area contributed by atoms with Crippen molar-refractivity contribution in [3.8, 4) is 34.3 Å². The molecular weight excluding hydrogens is 887 g/mol. The summed E-state index contributed by atoms with van der Waals surface area (Å²) < 4.78 is 69.4. The number of fused-ring (bicyclic) bond motifs is 8. The van der Waals surface area contributed by atoms with E-state index in [4.69, 9.17) is 35.0 Å². The summed E-state index contributed by atoms with van der Waals surface area (Å²) in [6, 6.07) is 22.0. The van der Waals surface area contributed by atoms with Crippen molar-refractivity contribution in [2.24, 2.45) is 5.41 Å². The molecule has 5 aromatic rings. The highest BCUT2D eigenvalue weighted by Gasteiger charge is 2.57. The zero-order valence-corrected chi connectivity index (χ0v) is 39.4. The Balaban J connectivity index is 1.30. The molecule has 1 saturated carbocycles. The van der Waals surface area contributed by atoms with Gasteiger partial charge in [0, 0.05) is 34.7 Å². The minimum absolute atomic E-state index is 0.0108. The first-order valence-corrected chi connectivity index (χ1v) is 22.7. The van der Waals surface area contributed by atoms with E-state index in [2.05, 4.69) is 6.08 Å². The number of halogens is 4. The maximum absolute atomic E-state index is 14.8. The number of benzene rings is 4. The lowest BCUT2D eigenvalue weighted by molar-refractivity contribution is -0.140. The molecule has 0 unspecified atom stereocenters. The largest absolute Gasteiger partial charge is 0.497 e. The predicted octanol–water partition coefficient (Wildman–Crippen LogP) is 11.2. The standard InChI is InChI=1S/C53H57ClF3NO9/c1-32-8-7-22-51(2)42(21-23-52(51,62)31-58(30-35-12-15-38(63-3)29-47(35)65-5)49(60)27-34-11-18-45(64-4)48(26-34)66-6)39-16-10-33(24-37(59)14-9-32)25-40(39)50(61)46-20-19-44(67-46)41-28-36(53(55,56)57)13-17-43(41)54/h8,10-13,15-20,25-26,28-29,37,42,59,62H,7,9,14,21-24,27,30-31H2,1-6H3/t37-,42-,51-,52+/m0/s1. The Morgan fingerprint density at radius 2 is 1.63 bits per heavy atom. The first-order chi connectivity index (χ1) is 31.9. The molecule has 0 saturated heterocycles. The molecule has 67 heavy (non-hydrogen) atoms. The van der Waals surface area contributed by atoms with Crippen molar-refractivity contribution >= 4 is 23.3 Å². The van der Waals surface area contributed by atoms with Crippen LogP contribution >= 0.6 is 11.6 Å². The van der Waals surface area contributed by atoms with Gasteiger partial charge in [0.25, 0.3) is 0 Å². The second-order valence-corrected chi connectivity index (χ2v) is 18.3. The Labute approximate surface area is 394 Å². The Bertz CT molecular complexity index is 2640. The molecule has 0 radical (unpaired) electrons. The van der Waals surface area contributed by atoms with Crippen LogP contribution in [0.1, 0.15) is 102 Å². The second-order valence-electron chi connectivity index (χ2n) is 17.9. The lowest BCUT2D eigenvalue weighted by Gasteiger charge is -2.46. The van der Waals surface area contributed by atoms with Crippen molar-refractivity contribution < 1.29 is 56.3 Å². The van der Waals surface area contributed by atoms with Gasteiger partial charge in [0.1, 0.15) is 17.3 Å². The Morgan fingerprint density at radius 3 is 2.34 bits per heavy atom. The van der Waals surface area contributed by atoms with E-state index in [1.807, 2.05) is 32.0 Å². The quantitative estimate of drug-likeness (QED) is 0.0876. The van der Waals surface area contributed by atoms with E-state index in [0.29, 0.717) is 77.4 Å². The molecule has 356 valence electrons. The van der Waals surface area contributed by atoms with Crippen LogP contribution in [0.5, 0.6) is 23.0 Å². The minimum atomic E-state index is -4.63. The SMILES string of the molecule is COc1ccc(CN(C[C@]2(O)CC[C@H]3c4ccc(cc4C(=O)c4ccc(-c5cc(C(F)(F)F)ccc5Cl)o4)C[C@@H](O)CCC(C)=CCC[C@@]32C)C(=O)Cc2ccc(OC)c(OC)c2)c(OC)c1. The lowest BCUT2D eigenvalue weighted by Crippen LogP contribution is -2.53. The molecule has 2 bridgehead atoms. The number of hydrogen-bond acceptors (Lipinski definition) is 9. The summed E-state index contributed by atoms with van der Waals surface area (Å²) in [5.41, 5.74) is 0.774. The number of methoxy groups -OCH3 is 4. The number of alkyl halides is 3. The molecule has 1 heterocycles. The van der Waals surface area contributed by atoms with Crippen LogP contribution in [-0.4, -0.2) is 73.5 Å². The monoisotopic (exact) mass is 943 g/mol. The van der Waals surface area contributed by atoms with Gasteiger partial charge in [-0.2, -0.15) is 13.2 Å². The van der Waals surface area contributed by atoms with Gasteiger partial charge in [0.05, 0.1) is 63.7 Å². The summed E-state index contributed by atoms with van der Waals surface area (Å²) in [7, 11) is 6.17. The van der Waals surface area contributed by atoms with E-state index in [0.717, 1.165) is 23.8 Å². The number of aliphatic hydroxyl groups excluding tert-OH is 1. The third kappa shape index (κ3) is 10.5. The van der Waals surface area contributed by atoms with Gasteiger partial charge in [-0.1, -0.05) is 48.4 Å². The van der Waals surface area contributed by atoms with Gasteiger partial charge in [-0.15, -0.1) is 0 Å². The number of carbonyl (C=O) groups excluding carboxylic acids is 2. The van der Waals surface area contributed by atoms with Gasteiger partial charge in [0.2, 0.25) is 11.7 Å². The van der Waals surface area contributed by atoms with Crippen LogP contribution in [-0.2, 0) is 30.4 Å². The summed E-state index contributed by atoms with van der Waals surface area (Å²) >= 11 is 6.38. The fourth-order valence-electron chi connectivity index (χ4n) is 9.84. The van der Waals surface area contributed by atoms with E-state index in [9.17, 15) is 33.0 Å². The van der Waals surface area contributed by atoms with Crippen LogP contribution in [0.4, 0.5) is 13.2 Å². The molecule has 14 heteroatoms. The number of rotatable bonds is 13. The Kier molecular flexibility index (Phi) is 14.8. The summed E-state index contributed by atoms with van der Waals surface area (Å²) in [5.74, 6) is 0.765. The number of aliphatic hydroxyl groups is 2. The number of hydrogen-bond donors (Lipinski definition) is 2. The molecule has 1 aromatic heterocycles. The number of allylic oxidation sites excluding steroid dienone is 2. The van der Waals surface area contributed by atoms with Crippen LogP contribution in [0.15, 0.2) is 101 Å². The van der Waals surface area contributed by atoms with Gasteiger partial charge in [-0.05, 0) is 135 Å². The van der Waals surface area contributed by atoms with Crippen LogP contribution in [0.2, 0.25) is 5.02 Å². The van der Waals surface area contributed by atoms with Crippen molar-refractivity contribution in [2.45, 2.75) is 95.6 Å². The van der Waals surface area contributed by atoms with E-state index < -0.39 is 40.6 Å². The maximum Gasteiger partial charge on any atom is 0.416 e. The molecule has 0 spiro atoms. The Morgan fingerprint density at radius 1 is 0.866 bits per heavy atom. The number of amides is 1. The fraction of sp³-hybridized carbons (Fsp3) is 0.396. The molecule has 4 aromatic carbocycles.